The van der Waals surface area contributed by atoms with Crippen LogP contribution in [-0.2, 0) is 11.2 Å². The van der Waals surface area contributed by atoms with E-state index in [4.69, 9.17) is 4.74 Å². The quantitative estimate of drug-likeness (QED) is 0.944. The Morgan fingerprint density at radius 3 is 2.95 bits per heavy atom. The van der Waals surface area contributed by atoms with Crippen LogP contribution in [-0.4, -0.2) is 36.0 Å². The Hall–Kier alpha value is -1.56. The summed E-state index contributed by atoms with van der Waals surface area (Å²) in [5.41, 5.74) is 2.31. The summed E-state index contributed by atoms with van der Waals surface area (Å²) in [5, 5.41) is 11.2. The molecule has 0 spiro atoms. The molecule has 0 aliphatic carbocycles. The van der Waals surface area contributed by atoms with E-state index in [0.717, 1.165) is 24.4 Å². The van der Waals surface area contributed by atoms with Gasteiger partial charge in [0.2, 0.25) is 0 Å². The molecule has 0 saturated carbocycles. The van der Waals surface area contributed by atoms with E-state index < -0.39 is 0 Å². The van der Waals surface area contributed by atoms with E-state index in [1.54, 1.807) is 12.3 Å². The molecule has 4 nitrogen and oxygen atoms in total. The largest absolute Gasteiger partial charge is 0.379 e. The molecule has 112 valence electrons. The first-order valence-corrected chi connectivity index (χ1v) is 6.70. The van der Waals surface area contributed by atoms with Crippen LogP contribution >= 0.6 is 12.4 Å². The van der Waals surface area contributed by atoms with Crippen LogP contribution in [0.5, 0.6) is 0 Å². The highest BCUT2D eigenvalue weighted by molar-refractivity contribution is 5.85. The molecule has 1 aromatic carbocycles. The van der Waals surface area contributed by atoms with E-state index >= 15 is 0 Å². The highest BCUT2D eigenvalue weighted by atomic mass is 35.5. The molecule has 3 rings (SSSR count). The summed E-state index contributed by atoms with van der Waals surface area (Å²) in [7, 11) is 0. The first-order chi connectivity index (χ1) is 9.83. The number of morpholine rings is 1. The standard InChI is InChI=1S/C15H16FN3O.ClH/c16-14-4-3-11(15-2-1-5-18-19-15)8-12(14)9-13-10-20-7-6-17-13;/h1-5,8,13,17H,6-7,9-10H2;1H/t13-;/m1./s1. The molecule has 0 radical (unpaired) electrons. The molecule has 1 aliphatic heterocycles. The Morgan fingerprint density at radius 2 is 2.24 bits per heavy atom. The molecule has 1 aliphatic rings. The van der Waals surface area contributed by atoms with Crippen LogP contribution in [0.2, 0.25) is 0 Å². The van der Waals surface area contributed by atoms with Gasteiger partial charge >= 0.3 is 0 Å². The minimum absolute atomic E-state index is 0. The Morgan fingerprint density at radius 1 is 1.33 bits per heavy atom. The van der Waals surface area contributed by atoms with E-state index in [9.17, 15) is 4.39 Å². The van der Waals surface area contributed by atoms with Gasteiger partial charge in [0.05, 0.1) is 18.9 Å². The Balaban J connectivity index is 0.00000161. The molecule has 1 atom stereocenters. The second-order valence-corrected chi connectivity index (χ2v) is 4.85. The predicted molar refractivity (Wildman–Crippen MR) is 81.0 cm³/mol. The van der Waals surface area contributed by atoms with Crippen molar-refractivity contribution >= 4 is 12.4 Å². The molecule has 1 fully saturated rings. The summed E-state index contributed by atoms with van der Waals surface area (Å²) < 4.78 is 19.3. The smallest absolute Gasteiger partial charge is 0.126 e. The highest BCUT2D eigenvalue weighted by Crippen LogP contribution is 2.21. The van der Waals surface area contributed by atoms with Crippen LogP contribution in [0, 0.1) is 5.82 Å². The average Bonchev–Trinajstić information content (AvgIpc) is 2.51. The highest BCUT2D eigenvalue weighted by Gasteiger charge is 2.16. The van der Waals surface area contributed by atoms with Crippen molar-refractivity contribution in [2.45, 2.75) is 12.5 Å². The second-order valence-electron chi connectivity index (χ2n) is 4.85. The van der Waals surface area contributed by atoms with Gasteiger partial charge in [0.25, 0.3) is 0 Å². The van der Waals surface area contributed by atoms with Gasteiger partial charge in [-0.25, -0.2) is 4.39 Å². The first-order valence-electron chi connectivity index (χ1n) is 6.70. The van der Waals surface area contributed by atoms with Gasteiger partial charge in [-0.2, -0.15) is 10.2 Å². The van der Waals surface area contributed by atoms with Gasteiger partial charge in [-0.05, 0) is 42.3 Å². The predicted octanol–water partition coefficient (Wildman–Crippen LogP) is 2.24. The molecular weight excluding hydrogens is 293 g/mol. The molecule has 21 heavy (non-hydrogen) atoms. The van der Waals surface area contributed by atoms with E-state index in [1.807, 2.05) is 18.2 Å². The Kier molecular flexibility index (Phi) is 5.61. The summed E-state index contributed by atoms with van der Waals surface area (Å²) in [6, 6.07) is 8.91. The zero-order valence-electron chi connectivity index (χ0n) is 11.5. The molecule has 2 heterocycles. The van der Waals surface area contributed by atoms with Crippen molar-refractivity contribution < 1.29 is 9.13 Å². The fourth-order valence-electron chi connectivity index (χ4n) is 2.36. The molecule has 1 N–H and O–H groups in total. The fraction of sp³-hybridized carbons (Fsp3) is 0.333. The second kappa shape index (κ2) is 7.45. The van der Waals surface area contributed by atoms with Gasteiger partial charge in [-0.15, -0.1) is 12.4 Å². The molecule has 0 unspecified atom stereocenters. The lowest BCUT2D eigenvalue weighted by Crippen LogP contribution is -2.42. The van der Waals surface area contributed by atoms with Crippen LogP contribution in [0.3, 0.4) is 0 Å². The number of halogens is 2. The summed E-state index contributed by atoms with van der Waals surface area (Å²) in [6.07, 6.45) is 2.23. The topological polar surface area (TPSA) is 47.0 Å². The molecule has 6 heteroatoms. The molecule has 0 bridgehead atoms. The number of nitrogens with one attached hydrogen (secondary N) is 1. The van der Waals surface area contributed by atoms with Gasteiger partial charge in [0.15, 0.2) is 0 Å². The van der Waals surface area contributed by atoms with Crippen LogP contribution in [0.25, 0.3) is 11.3 Å². The number of benzene rings is 1. The van der Waals surface area contributed by atoms with Gasteiger partial charge in [-0.3, -0.25) is 0 Å². The van der Waals surface area contributed by atoms with Crippen LogP contribution in [0.4, 0.5) is 4.39 Å². The van der Waals surface area contributed by atoms with Crippen LogP contribution in [0.1, 0.15) is 5.56 Å². The number of nitrogens with zero attached hydrogens (tertiary/aromatic N) is 2. The van der Waals surface area contributed by atoms with Crippen molar-refractivity contribution in [3.63, 3.8) is 0 Å². The average molecular weight is 310 g/mol. The molecule has 1 saturated heterocycles. The lowest BCUT2D eigenvalue weighted by molar-refractivity contribution is 0.0767. The number of hydrogen-bond acceptors (Lipinski definition) is 4. The number of hydrogen-bond donors (Lipinski definition) is 1. The normalized spacial score (nSPS) is 18.0. The van der Waals surface area contributed by atoms with Crippen molar-refractivity contribution in [1.82, 2.24) is 15.5 Å². The summed E-state index contributed by atoms with van der Waals surface area (Å²) in [4.78, 5) is 0. The van der Waals surface area contributed by atoms with E-state index in [2.05, 4.69) is 15.5 Å². The SMILES string of the molecule is Cl.Fc1ccc(-c2cccnn2)cc1C[C@@H]1COCCN1. The molecule has 1 aromatic heterocycles. The van der Waals surface area contributed by atoms with Crippen molar-refractivity contribution in [2.24, 2.45) is 0 Å². The third-order valence-electron chi connectivity index (χ3n) is 3.38. The van der Waals surface area contributed by atoms with Crippen molar-refractivity contribution in [3.8, 4) is 11.3 Å². The monoisotopic (exact) mass is 309 g/mol. The third-order valence-corrected chi connectivity index (χ3v) is 3.38. The van der Waals surface area contributed by atoms with Gasteiger partial charge in [0.1, 0.15) is 5.82 Å². The van der Waals surface area contributed by atoms with Crippen LogP contribution < -0.4 is 5.32 Å². The third kappa shape index (κ3) is 3.97. The maximum absolute atomic E-state index is 13.9. The van der Waals surface area contributed by atoms with Crippen molar-refractivity contribution in [2.75, 3.05) is 19.8 Å². The van der Waals surface area contributed by atoms with Gasteiger partial charge in [-0.1, -0.05) is 0 Å². The minimum Gasteiger partial charge on any atom is -0.379 e. The first kappa shape index (κ1) is 15.8. The van der Waals surface area contributed by atoms with E-state index in [0.29, 0.717) is 18.6 Å². The summed E-state index contributed by atoms with van der Waals surface area (Å²) >= 11 is 0. The number of ether oxygens (including phenoxy) is 1. The van der Waals surface area contributed by atoms with Crippen LogP contribution in [0.15, 0.2) is 36.5 Å². The zero-order chi connectivity index (χ0) is 13.8. The minimum atomic E-state index is -0.190. The maximum Gasteiger partial charge on any atom is 0.126 e. The Bertz CT molecular complexity index is 576. The molecular formula is C15H17ClFN3O. The lowest BCUT2D eigenvalue weighted by atomic mass is 10.0. The van der Waals surface area contributed by atoms with Crippen molar-refractivity contribution in [1.29, 1.82) is 0 Å². The zero-order valence-corrected chi connectivity index (χ0v) is 12.3. The fourth-order valence-corrected chi connectivity index (χ4v) is 2.36. The molecule has 2 aromatic rings. The lowest BCUT2D eigenvalue weighted by Gasteiger charge is -2.24. The van der Waals surface area contributed by atoms with Gasteiger partial charge in [0, 0.05) is 24.3 Å². The number of rotatable bonds is 3. The summed E-state index contributed by atoms with van der Waals surface area (Å²) in [6.45, 7) is 2.16. The van der Waals surface area contributed by atoms with Gasteiger partial charge < -0.3 is 10.1 Å². The van der Waals surface area contributed by atoms with E-state index in [-0.39, 0.29) is 24.3 Å². The Labute approximate surface area is 129 Å². The molecule has 0 amide bonds. The maximum atomic E-state index is 13.9. The number of aromatic nitrogens is 2. The van der Waals surface area contributed by atoms with Crippen molar-refractivity contribution in [3.05, 3.63) is 47.9 Å². The van der Waals surface area contributed by atoms with E-state index in [1.165, 1.54) is 6.07 Å². The summed E-state index contributed by atoms with van der Waals surface area (Å²) in [5.74, 6) is -0.190.